The molecule has 0 radical (unpaired) electrons. The van der Waals surface area contributed by atoms with Crippen LogP contribution in [0.3, 0.4) is 0 Å². The molecular formula is C15H22F3NO2. The summed E-state index contributed by atoms with van der Waals surface area (Å²) in [5.41, 5.74) is 0.178. The van der Waals surface area contributed by atoms with Gasteiger partial charge in [-0.05, 0) is 37.6 Å². The Morgan fingerprint density at radius 1 is 1.24 bits per heavy atom. The van der Waals surface area contributed by atoms with E-state index in [9.17, 15) is 13.2 Å². The molecule has 120 valence electrons. The lowest BCUT2D eigenvalue weighted by Crippen LogP contribution is -2.42. The highest BCUT2D eigenvalue weighted by molar-refractivity contribution is 5.32. The van der Waals surface area contributed by atoms with E-state index in [1.807, 2.05) is 20.8 Å². The number of halogens is 3. The highest BCUT2D eigenvalue weighted by Gasteiger charge is 2.35. The quantitative estimate of drug-likeness (QED) is 0.824. The van der Waals surface area contributed by atoms with Gasteiger partial charge in [-0.15, -0.1) is 13.2 Å². The summed E-state index contributed by atoms with van der Waals surface area (Å²) in [6.07, 6.45) is -3.98. The molecule has 0 aliphatic heterocycles. The van der Waals surface area contributed by atoms with Crippen molar-refractivity contribution in [2.45, 2.75) is 45.2 Å². The Bertz CT molecular complexity index is 445. The lowest BCUT2D eigenvalue weighted by molar-refractivity contribution is -0.274. The second kappa shape index (κ2) is 7.13. The zero-order valence-corrected chi connectivity index (χ0v) is 12.8. The van der Waals surface area contributed by atoms with Crippen molar-refractivity contribution >= 4 is 0 Å². The number of benzene rings is 1. The van der Waals surface area contributed by atoms with E-state index in [1.165, 1.54) is 12.1 Å². The smallest absolute Gasteiger partial charge is 0.406 e. The molecule has 3 nitrogen and oxygen atoms in total. The maximum absolute atomic E-state index is 12.3. The second-order valence-electron chi connectivity index (χ2n) is 4.98. The summed E-state index contributed by atoms with van der Waals surface area (Å²) >= 11 is 0. The third-order valence-electron chi connectivity index (χ3n) is 3.61. The summed E-state index contributed by atoms with van der Waals surface area (Å²) < 4.78 is 46.5. The number of alkyl halides is 3. The summed E-state index contributed by atoms with van der Waals surface area (Å²) in [5, 5.41) is 3.27. The van der Waals surface area contributed by atoms with Gasteiger partial charge < -0.3 is 14.8 Å². The average molecular weight is 305 g/mol. The first kappa shape index (κ1) is 17.8. The zero-order chi connectivity index (χ0) is 16.1. The van der Waals surface area contributed by atoms with Crippen LogP contribution in [0.4, 0.5) is 13.2 Å². The van der Waals surface area contributed by atoms with Crippen LogP contribution in [-0.4, -0.2) is 25.6 Å². The summed E-state index contributed by atoms with van der Waals surface area (Å²) in [7, 11) is 1.60. The van der Waals surface area contributed by atoms with Gasteiger partial charge in [0.05, 0.1) is 11.6 Å². The van der Waals surface area contributed by atoms with Gasteiger partial charge in [0.25, 0.3) is 0 Å². The summed E-state index contributed by atoms with van der Waals surface area (Å²) in [5.74, 6) is -0.225. The van der Waals surface area contributed by atoms with Crippen molar-refractivity contribution in [3.8, 4) is 5.75 Å². The van der Waals surface area contributed by atoms with Gasteiger partial charge in [-0.3, -0.25) is 0 Å². The Morgan fingerprint density at radius 2 is 1.90 bits per heavy atom. The molecular weight excluding hydrogens is 283 g/mol. The van der Waals surface area contributed by atoms with Gasteiger partial charge in [0.15, 0.2) is 0 Å². The van der Waals surface area contributed by atoms with Crippen LogP contribution < -0.4 is 10.1 Å². The molecule has 1 N–H and O–H groups in total. The molecule has 0 fully saturated rings. The highest BCUT2D eigenvalue weighted by Crippen LogP contribution is 2.34. The van der Waals surface area contributed by atoms with Crippen LogP contribution in [0, 0.1) is 0 Å². The van der Waals surface area contributed by atoms with Gasteiger partial charge in [0.2, 0.25) is 0 Å². The van der Waals surface area contributed by atoms with E-state index in [2.05, 4.69) is 10.1 Å². The van der Waals surface area contributed by atoms with Gasteiger partial charge in [0.1, 0.15) is 5.75 Å². The van der Waals surface area contributed by atoms with Crippen LogP contribution in [0.1, 0.15) is 38.8 Å². The Hall–Kier alpha value is -1.27. The van der Waals surface area contributed by atoms with Gasteiger partial charge in [-0.2, -0.15) is 0 Å². The fourth-order valence-electron chi connectivity index (χ4n) is 2.25. The maximum Gasteiger partial charge on any atom is 0.573 e. The fraction of sp³-hybridized carbons (Fsp3) is 0.600. The van der Waals surface area contributed by atoms with Gasteiger partial charge in [-0.1, -0.05) is 26.0 Å². The number of likely N-dealkylation sites (N-methyl/N-ethyl adjacent to an activating group) is 1. The minimum atomic E-state index is -4.69. The number of ether oxygens (including phenoxy) is 2. The Balaban J connectivity index is 3.12. The van der Waals surface area contributed by atoms with Crippen molar-refractivity contribution in [3.63, 3.8) is 0 Å². The van der Waals surface area contributed by atoms with Crippen molar-refractivity contribution < 1.29 is 22.6 Å². The van der Waals surface area contributed by atoms with Crippen LogP contribution in [-0.2, 0) is 4.74 Å². The van der Waals surface area contributed by atoms with Crippen molar-refractivity contribution in [1.82, 2.24) is 5.32 Å². The van der Waals surface area contributed by atoms with E-state index >= 15 is 0 Å². The van der Waals surface area contributed by atoms with Gasteiger partial charge in [-0.25, -0.2) is 0 Å². The highest BCUT2D eigenvalue weighted by atomic mass is 19.4. The third-order valence-corrected chi connectivity index (χ3v) is 3.61. The molecule has 0 bridgehead atoms. The monoisotopic (exact) mass is 305 g/mol. The molecule has 0 aromatic heterocycles. The molecule has 6 heteroatoms. The fourth-order valence-corrected chi connectivity index (χ4v) is 2.25. The van der Waals surface area contributed by atoms with Crippen molar-refractivity contribution in [1.29, 1.82) is 0 Å². The Kier molecular flexibility index (Phi) is 6.04. The normalized spacial score (nSPS) is 16.3. The minimum Gasteiger partial charge on any atom is -0.406 e. The predicted octanol–water partition coefficient (Wildman–Crippen LogP) is 4.05. The van der Waals surface area contributed by atoms with Crippen LogP contribution in [0.15, 0.2) is 24.3 Å². The van der Waals surface area contributed by atoms with Crippen molar-refractivity contribution in [2.75, 3.05) is 13.7 Å². The molecule has 0 aliphatic carbocycles. The molecule has 0 saturated heterocycles. The first-order valence-electron chi connectivity index (χ1n) is 6.90. The molecule has 0 amide bonds. The molecule has 0 saturated carbocycles. The molecule has 1 aromatic rings. The van der Waals surface area contributed by atoms with Crippen molar-refractivity contribution in [3.05, 3.63) is 29.8 Å². The molecule has 1 aromatic carbocycles. The number of hydrogen-bond donors (Lipinski definition) is 1. The topological polar surface area (TPSA) is 30.5 Å². The second-order valence-corrected chi connectivity index (χ2v) is 4.98. The standard InChI is InChI=1S/C15H22F3NO2/c1-5-14(3,20-4)13(19-6-2)11-8-7-9-12(10-11)21-15(16,17)18/h7-10,13,19H,5-6H2,1-4H3. The van der Waals surface area contributed by atoms with Crippen molar-refractivity contribution in [2.24, 2.45) is 0 Å². The first-order chi connectivity index (χ1) is 9.75. The van der Waals surface area contributed by atoms with Crippen LogP contribution in [0.2, 0.25) is 0 Å². The molecule has 0 heterocycles. The van der Waals surface area contributed by atoms with E-state index in [0.29, 0.717) is 18.5 Å². The number of rotatable bonds is 7. The SMILES string of the molecule is CCNC(c1cccc(OC(F)(F)F)c1)C(C)(CC)OC. The van der Waals surface area contributed by atoms with E-state index in [1.54, 1.807) is 19.2 Å². The maximum atomic E-state index is 12.3. The van der Waals surface area contributed by atoms with E-state index in [0.717, 1.165) is 0 Å². The molecule has 2 atom stereocenters. The molecule has 2 unspecified atom stereocenters. The molecule has 0 aliphatic rings. The Morgan fingerprint density at radius 3 is 2.38 bits per heavy atom. The number of nitrogens with one attached hydrogen (secondary N) is 1. The van der Waals surface area contributed by atoms with Crippen LogP contribution >= 0.6 is 0 Å². The van der Waals surface area contributed by atoms with E-state index in [4.69, 9.17) is 4.74 Å². The van der Waals surface area contributed by atoms with E-state index < -0.39 is 12.0 Å². The summed E-state index contributed by atoms with van der Waals surface area (Å²) in [4.78, 5) is 0. The van der Waals surface area contributed by atoms with Crippen LogP contribution in [0.5, 0.6) is 5.75 Å². The van der Waals surface area contributed by atoms with Gasteiger partial charge in [0, 0.05) is 7.11 Å². The lowest BCUT2D eigenvalue weighted by Gasteiger charge is -2.36. The summed E-state index contributed by atoms with van der Waals surface area (Å²) in [6, 6.07) is 5.77. The minimum absolute atomic E-state index is 0.225. The Labute approximate surface area is 123 Å². The van der Waals surface area contributed by atoms with Crippen LogP contribution in [0.25, 0.3) is 0 Å². The molecule has 21 heavy (non-hydrogen) atoms. The average Bonchev–Trinajstić information content (AvgIpc) is 2.42. The van der Waals surface area contributed by atoms with Gasteiger partial charge >= 0.3 is 6.36 Å². The molecule has 1 rings (SSSR count). The summed E-state index contributed by atoms with van der Waals surface area (Å²) in [6.45, 7) is 6.52. The third kappa shape index (κ3) is 4.89. The number of methoxy groups -OCH3 is 1. The molecule has 0 spiro atoms. The zero-order valence-electron chi connectivity index (χ0n) is 12.8. The largest absolute Gasteiger partial charge is 0.573 e. The lowest BCUT2D eigenvalue weighted by atomic mass is 9.87. The van der Waals surface area contributed by atoms with E-state index in [-0.39, 0.29) is 11.8 Å². The predicted molar refractivity (Wildman–Crippen MR) is 75.2 cm³/mol. The first-order valence-corrected chi connectivity index (χ1v) is 6.90. The number of hydrogen-bond acceptors (Lipinski definition) is 3.